The zero-order chi connectivity index (χ0) is 19.3. The number of amides is 2. The number of quaternary nitrogens is 1. The molecule has 1 aromatic heterocycles. The van der Waals surface area contributed by atoms with Crippen molar-refractivity contribution < 1.29 is 14.5 Å². The van der Waals surface area contributed by atoms with Crippen molar-refractivity contribution in [1.29, 1.82) is 0 Å². The number of hydrogen-bond acceptors (Lipinski definition) is 3. The van der Waals surface area contributed by atoms with E-state index >= 15 is 0 Å². The number of nitrogens with one attached hydrogen (secondary N) is 3. The van der Waals surface area contributed by atoms with Crippen molar-refractivity contribution in [3.63, 3.8) is 0 Å². The quantitative estimate of drug-likeness (QED) is 0.725. The van der Waals surface area contributed by atoms with Crippen LogP contribution in [-0.4, -0.2) is 31.4 Å². The fourth-order valence-corrected chi connectivity index (χ4v) is 5.54. The molecule has 28 heavy (non-hydrogen) atoms. The second-order valence-corrected chi connectivity index (χ2v) is 8.88. The fraction of sp³-hybridized carbons (Fsp3) is 0.455. The van der Waals surface area contributed by atoms with Crippen LogP contribution in [0, 0.1) is 0 Å². The lowest BCUT2D eigenvalue weighted by atomic mass is 9.95. The summed E-state index contributed by atoms with van der Waals surface area (Å²) in [7, 11) is 0. The highest BCUT2D eigenvalue weighted by Crippen LogP contribution is 2.38. The van der Waals surface area contributed by atoms with Gasteiger partial charge >= 0.3 is 0 Å². The Morgan fingerprint density at radius 2 is 1.68 bits per heavy atom. The van der Waals surface area contributed by atoms with Gasteiger partial charge < -0.3 is 15.5 Å². The summed E-state index contributed by atoms with van der Waals surface area (Å²) in [6, 6.07) is 9.51. The number of hydrogen-bond donors (Lipinski definition) is 3. The third-order valence-corrected chi connectivity index (χ3v) is 6.86. The Bertz CT molecular complexity index is 841. The molecule has 148 valence electrons. The fourth-order valence-electron chi connectivity index (χ4n) is 4.24. The van der Waals surface area contributed by atoms with Crippen molar-refractivity contribution in [1.82, 2.24) is 0 Å². The number of thiophene rings is 1. The second kappa shape index (κ2) is 8.88. The molecule has 2 aromatic rings. The highest BCUT2D eigenvalue weighted by atomic mass is 32.1. The van der Waals surface area contributed by atoms with E-state index < -0.39 is 0 Å². The molecule has 0 unspecified atom stereocenters. The first-order chi connectivity index (χ1) is 13.7. The van der Waals surface area contributed by atoms with Gasteiger partial charge in [0.15, 0.2) is 6.54 Å². The van der Waals surface area contributed by atoms with Crippen LogP contribution in [0.25, 0.3) is 0 Å². The number of likely N-dealkylation sites (tertiary alicyclic amines) is 1. The molecule has 6 heteroatoms. The summed E-state index contributed by atoms with van der Waals surface area (Å²) in [6.07, 6.45) is 7.82. The second-order valence-electron chi connectivity index (χ2n) is 7.77. The summed E-state index contributed by atoms with van der Waals surface area (Å²) in [5, 5.41) is 6.80. The molecule has 1 aromatic carbocycles. The van der Waals surface area contributed by atoms with Crippen LogP contribution >= 0.6 is 11.3 Å². The van der Waals surface area contributed by atoms with E-state index in [1.165, 1.54) is 29.0 Å². The van der Waals surface area contributed by atoms with Crippen LogP contribution in [0.2, 0.25) is 0 Å². The number of anilines is 2. The number of piperidine rings is 1. The van der Waals surface area contributed by atoms with Gasteiger partial charge in [-0.2, -0.15) is 0 Å². The summed E-state index contributed by atoms with van der Waals surface area (Å²) in [5.74, 6) is -0.101. The Kier molecular flexibility index (Phi) is 6.07. The Balaban J connectivity index is 1.53. The molecule has 1 saturated heterocycles. The highest BCUT2D eigenvalue weighted by Gasteiger charge is 2.27. The number of benzene rings is 1. The standard InChI is InChI=1S/C22H27N3O2S/c26-19(15-25-13-7-2-8-14-25)24-22-20(17-11-5-6-12-18(17)28-22)21(27)23-16-9-3-1-4-10-16/h1,3-4,9-10H,2,5-8,11-15H2,(H,23,27)(H,24,26)/p+1. The molecule has 1 fully saturated rings. The first kappa shape index (κ1) is 19.2. The van der Waals surface area contributed by atoms with Gasteiger partial charge in [0.2, 0.25) is 0 Å². The number of rotatable bonds is 5. The van der Waals surface area contributed by atoms with Crippen LogP contribution in [0.5, 0.6) is 0 Å². The van der Waals surface area contributed by atoms with Gasteiger partial charge in [0.05, 0.1) is 18.7 Å². The zero-order valence-electron chi connectivity index (χ0n) is 16.2. The van der Waals surface area contributed by atoms with Crippen molar-refractivity contribution in [3.05, 3.63) is 46.3 Å². The summed E-state index contributed by atoms with van der Waals surface area (Å²) in [6.45, 7) is 2.62. The first-order valence-electron chi connectivity index (χ1n) is 10.3. The van der Waals surface area contributed by atoms with Gasteiger partial charge in [-0.15, -0.1) is 11.3 Å². The maximum Gasteiger partial charge on any atom is 0.280 e. The SMILES string of the molecule is O=C(C[NH+]1CCCCC1)Nc1sc2c(c1C(=O)Nc1ccccc1)CCCC2. The highest BCUT2D eigenvalue weighted by molar-refractivity contribution is 7.17. The first-order valence-corrected chi connectivity index (χ1v) is 11.2. The third kappa shape index (κ3) is 4.45. The minimum Gasteiger partial charge on any atom is -0.327 e. The Morgan fingerprint density at radius 3 is 2.46 bits per heavy atom. The minimum absolute atomic E-state index is 0.0178. The maximum atomic E-state index is 13.1. The van der Waals surface area contributed by atoms with Gasteiger partial charge in [-0.3, -0.25) is 9.59 Å². The lowest BCUT2D eigenvalue weighted by Crippen LogP contribution is -3.13. The predicted octanol–water partition coefficient (Wildman–Crippen LogP) is 2.89. The third-order valence-electron chi connectivity index (χ3n) is 5.65. The van der Waals surface area contributed by atoms with E-state index in [4.69, 9.17) is 0 Å². The molecular formula is C22H28N3O2S+. The average Bonchev–Trinajstić information content (AvgIpc) is 3.07. The van der Waals surface area contributed by atoms with Crippen molar-refractivity contribution in [2.24, 2.45) is 0 Å². The lowest BCUT2D eigenvalue weighted by Gasteiger charge is -2.22. The van der Waals surface area contributed by atoms with Crippen LogP contribution in [0.3, 0.4) is 0 Å². The van der Waals surface area contributed by atoms with Crippen molar-refractivity contribution in [2.45, 2.75) is 44.9 Å². The monoisotopic (exact) mass is 398 g/mol. The van der Waals surface area contributed by atoms with Crippen LogP contribution in [0.1, 0.15) is 52.9 Å². The predicted molar refractivity (Wildman–Crippen MR) is 113 cm³/mol. The summed E-state index contributed by atoms with van der Waals surface area (Å²) >= 11 is 1.59. The van der Waals surface area contributed by atoms with E-state index in [-0.39, 0.29) is 11.8 Å². The van der Waals surface area contributed by atoms with Gasteiger partial charge in [-0.05, 0) is 62.6 Å². The van der Waals surface area contributed by atoms with Crippen LogP contribution in [0.4, 0.5) is 10.7 Å². The molecule has 1 aliphatic heterocycles. The molecule has 1 aliphatic carbocycles. The van der Waals surface area contributed by atoms with Gasteiger partial charge in [0.25, 0.3) is 11.8 Å². The average molecular weight is 399 g/mol. The maximum absolute atomic E-state index is 13.1. The molecule has 2 aliphatic rings. The molecule has 2 heterocycles. The Hall–Kier alpha value is -2.18. The van der Waals surface area contributed by atoms with Gasteiger partial charge in [-0.1, -0.05) is 18.2 Å². The van der Waals surface area contributed by atoms with Crippen molar-refractivity contribution >= 4 is 33.8 Å². The zero-order valence-corrected chi connectivity index (χ0v) is 17.0. The van der Waals surface area contributed by atoms with E-state index in [0.717, 1.165) is 55.0 Å². The van der Waals surface area contributed by atoms with E-state index in [2.05, 4.69) is 10.6 Å². The number of aryl methyl sites for hydroxylation is 1. The number of fused-ring (bicyclic) bond motifs is 1. The molecule has 5 nitrogen and oxygen atoms in total. The van der Waals surface area contributed by atoms with E-state index in [9.17, 15) is 9.59 Å². The van der Waals surface area contributed by atoms with Crippen molar-refractivity contribution in [3.8, 4) is 0 Å². The van der Waals surface area contributed by atoms with E-state index in [1.807, 2.05) is 30.3 Å². The topological polar surface area (TPSA) is 62.6 Å². The molecular weight excluding hydrogens is 370 g/mol. The molecule has 0 spiro atoms. The molecule has 3 N–H and O–H groups in total. The Labute approximate surface area is 170 Å². The number of carbonyl (C=O) groups is 2. The molecule has 0 atom stereocenters. The van der Waals surface area contributed by atoms with Crippen molar-refractivity contribution in [2.75, 3.05) is 30.3 Å². The van der Waals surface area contributed by atoms with E-state index in [0.29, 0.717) is 12.1 Å². The van der Waals surface area contributed by atoms with Crippen LogP contribution in [-0.2, 0) is 17.6 Å². The number of carbonyl (C=O) groups excluding carboxylic acids is 2. The molecule has 4 rings (SSSR count). The van der Waals surface area contributed by atoms with Gasteiger partial charge in [0, 0.05) is 10.6 Å². The number of para-hydroxylation sites is 1. The molecule has 2 amide bonds. The molecule has 0 bridgehead atoms. The smallest absolute Gasteiger partial charge is 0.280 e. The summed E-state index contributed by atoms with van der Waals surface area (Å²) < 4.78 is 0. The normalized spacial score (nSPS) is 17.0. The van der Waals surface area contributed by atoms with Gasteiger partial charge in [-0.25, -0.2) is 0 Å². The lowest BCUT2D eigenvalue weighted by molar-refractivity contribution is -0.896. The van der Waals surface area contributed by atoms with Crippen LogP contribution in [0.15, 0.2) is 30.3 Å². The summed E-state index contributed by atoms with van der Waals surface area (Å²) in [5.41, 5.74) is 2.58. The van der Waals surface area contributed by atoms with Crippen LogP contribution < -0.4 is 15.5 Å². The molecule has 0 saturated carbocycles. The largest absolute Gasteiger partial charge is 0.327 e. The van der Waals surface area contributed by atoms with Gasteiger partial charge in [0.1, 0.15) is 5.00 Å². The Morgan fingerprint density at radius 1 is 0.929 bits per heavy atom. The minimum atomic E-state index is -0.119. The summed E-state index contributed by atoms with van der Waals surface area (Å²) in [4.78, 5) is 28.4. The van der Waals surface area contributed by atoms with E-state index in [1.54, 1.807) is 11.3 Å². The molecule has 0 radical (unpaired) electrons.